The highest BCUT2D eigenvalue weighted by Gasteiger charge is 2.29. The molecule has 6 nitrogen and oxygen atoms in total. The molecule has 0 spiro atoms. The molecule has 0 saturated heterocycles. The summed E-state index contributed by atoms with van der Waals surface area (Å²) in [5, 5.41) is 8.96. The number of hydrogen-bond donors (Lipinski definition) is 1. The Labute approximate surface area is 121 Å². The molecule has 0 aromatic carbocycles. The second-order valence-electron chi connectivity index (χ2n) is 5.53. The van der Waals surface area contributed by atoms with Crippen molar-refractivity contribution in [2.24, 2.45) is 0 Å². The van der Waals surface area contributed by atoms with Crippen molar-refractivity contribution in [2.45, 2.75) is 57.5 Å². The summed E-state index contributed by atoms with van der Waals surface area (Å²) in [5.74, 6) is 3.62. The van der Waals surface area contributed by atoms with Crippen LogP contribution in [-0.4, -0.2) is 24.1 Å². The molecular weight excluding hydrogens is 272 g/mol. The number of rotatable bonds is 4. The second kappa shape index (κ2) is 4.80. The summed E-state index contributed by atoms with van der Waals surface area (Å²) in [6.07, 6.45) is 5.59. The average Bonchev–Trinajstić information content (AvgIpc) is 3.05. The third-order valence-electron chi connectivity index (χ3n) is 3.92. The smallest absolute Gasteiger partial charge is 0.203 e. The molecule has 1 unspecified atom stereocenters. The molecule has 1 aliphatic carbocycles. The van der Waals surface area contributed by atoms with Crippen LogP contribution in [0.1, 0.15) is 62.0 Å². The first kappa shape index (κ1) is 12.3. The van der Waals surface area contributed by atoms with E-state index in [0.29, 0.717) is 5.92 Å². The van der Waals surface area contributed by atoms with Crippen molar-refractivity contribution in [3.63, 3.8) is 0 Å². The maximum absolute atomic E-state index is 4.65. The van der Waals surface area contributed by atoms with Gasteiger partial charge in [0.15, 0.2) is 5.82 Å². The lowest BCUT2D eigenvalue weighted by Crippen LogP contribution is -2.22. The molecule has 1 atom stereocenters. The van der Waals surface area contributed by atoms with Crippen LogP contribution >= 0.6 is 11.5 Å². The zero-order chi connectivity index (χ0) is 13.5. The molecule has 2 aromatic rings. The van der Waals surface area contributed by atoms with E-state index in [1.807, 2.05) is 4.68 Å². The maximum Gasteiger partial charge on any atom is 0.203 e. The zero-order valence-electron chi connectivity index (χ0n) is 11.5. The Bertz CT molecular complexity index is 614. The topological polar surface area (TPSA) is 68.5 Å². The number of hydrogen-bond acceptors (Lipinski definition) is 6. The van der Waals surface area contributed by atoms with Gasteiger partial charge in [0.1, 0.15) is 11.6 Å². The Balaban J connectivity index is 1.55. The van der Waals surface area contributed by atoms with E-state index < -0.39 is 0 Å². The minimum atomic E-state index is 0.219. The Morgan fingerprint density at radius 3 is 3.00 bits per heavy atom. The predicted octanol–water partition coefficient (Wildman–Crippen LogP) is 2.52. The number of nitrogens with zero attached hydrogens (tertiary/aromatic N) is 5. The van der Waals surface area contributed by atoms with Gasteiger partial charge in [0.25, 0.3) is 0 Å². The van der Waals surface area contributed by atoms with Gasteiger partial charge in [-0.15, -0.1) is 0 Å². The fourth-order valence-electron chi connectivity index (χ4n) is 2.64. The first-order valence-electron chi connectivity index (χ1n) is 7.37. The van der Waals surface area contributed by atoms with Crippen molar-refractivity contribution in [3.8, 4) is 0 Å². The molecule has 7 heteroatoms. The molecule has 0 radical (unpaired) electrons. The fraction of sp³-hybridized carbons (Fsp3) is 0.692. The molecule has 3 heterocycles. The molecule has 0 amide bonds. The van der Waals surface area contributed by atoms with Crippen molar-refractivity contribution in [1.29, 1.82) is 0 Å². The van der Waals surface area contributed by atoms with Gasteiger partial charge in [0.05, 0.1) is 6.04 Å². The van der Waals surface area contributed by atoms with E-state index >= 15 is 0 Å². The van der Waals surface area contributed by atoms with Crippen molar-refractivity contribution >= 4 is 16.7 Å². The lowest BCUT2D eigenvalue weighted by atomic mass is 10.1. The van der Waals surface area contributed by atoms with Gasteiger partial charge in [-0.3, -0.25) is 0 Å². The number of fused-ring (bicyclic) bond motifs is 1. The summed E-state index contributed by atoms with van der Waals surface area (Å²) < 4.78 is 6.49. The number of aryl methyl sites for hydroxylation is 2. The molecule has 4 rings (SSSR count). The average molecular weight is 290 g/mol. The summed E-state index contributed by atoms with van der Waals surface area (Å²) in [6, 6.07) is 0.219. The minimum absolute atomic E-state index is 0.219. The molecule has 1 N–H and O–H groups in total. The SMILES string of the molecule is CCc1nc2n(n1)CCCC2Nc1nc(C2CC2)ns1. The van der Waals surface area contributed by atoms with E-state index in [2.05, 4.69) is 31.7 Å². The normalized spacial score (nSPS) is 21.8. The molecule has 20 heavy (non-hydrogen) atoms. The van der Waals surface area contributed by atoms with E-state index in [1.165, 1.54) is 24.4 Å². The molecule has 2 aliphatic rings. The van der Waals surface area contributed by atoms with Crippen molar-refractivity contribution in [3.05, 3.63) is 17.5 Å². The van der Waals surface area contributed by atoms with Gasteiger partial charge in [0.2, 0.25) is 5.13 Å². The van der Waals surface area contributed by atoms with Gasteiger partial charge in [-0.25, -0.2) is 14.6 Å². The summed E-state index contributed by atoms with van der Waals surface area (Å²) in [6.45, 7) is 3.07. The van der Waals surface area contributed by atoms with Crippen LogP contribution in [0.2, 0.25) is 0 Å². The lowest BCUT2D eigenvalue weighted by Gasteiger charge is -2.22. The highest BCUT2D eigenvalue weighted by atomic mass is 32.1. The fourth-order valence-corrected chi connectivity index (χ4v) is 3.34. The van der Waals surface area contributed by atoms with Gasteiger partial charge in [-0.05, 0) is 25.7 Å². The van der Waals surface area contributed by atoms with Gasteiger partial charge >= 0.3 is 0 Å². The van der Waals surface area contributed by atoms with Gasteiger partial charge in [-0.2, -0.15) is 9.47 Å². The quantitative estimate of drug-likeness (QED) is 0.937. The van der Waals surface area contributed by atoms with Gasteiger partial charge < -0.3 is 5.32 Å². The Kier molecular flexibility index (Phi) is 2.94. The van der Waals surface area contributed by atoms with E-state index in [-0.39, 0.29) is 6.04 Å². The molecular formula is C13H18N6S. The Morgan fingerprint density at radius 1 is 1.30 bits per heavy atom. The van der Waals surface area contributed by atoms with E-state index in [1.54, 1.807) is 0 Å². The standard InChI is InChI=1S/C13H18N6S/c1-2-10-15-12-9(4-3-7-19(12)17-10)14-13-16-11(18-20-13)8-5-6-8/h8-9H,2-7H2,1H3,(H,14,16,18). The molecule has 1 aliphatic heterocycles. The first-order valence-corrected chi connectivity index (χ1v) is 8.14. The summed E-state index contributed by atoms with van der Waals surface area (Å²) >= 11 is 1.47. The number of nitrogens with one attached hydrogen (secondary N) is 1. The van der Waals surface area contributed by atoms with Gasteiger partial charge in [0, 0.05) is 30.4 Å². The van der Waals surface area contributed by atoms with Crippen molar-refractivity contribution in [2.75, 3.05) is 5.32 Å². The molecule has 1 saturated carbocycles. The molecule has 2 aromatic heterocycles. The molecule has 1 fully saturated rings. The Hall–Kier alpha value is -1.50. The van der Waals surface area contributed by atoms with Crippen LogP contribution in [0.4, 0.5) is 5.13 Å². The summed E-state index contributed by atoms with van der Waals surface area (Å²) in [5.41, 5.74) is 0. The van der Waals surface area contributed by atoms with Crippen molar-refractivity contribution in [1.82, 2.24) is 24.1 Å². The monoisotopic (exact) mass is 290 g/mol. The van der Waals surface area contributed by atoms with E-state index in [9.17, 15) is 0 Å². The second-order valence-corrected chi connectivity index (χ2v) is 6.29. The van der Waals surface area contributed by atoms with E-state index in [4.69, 9.17) is 0 Å². The van der Waals surface area contributed by atoms with Crippen LogP contribution in [0.25, 0.3) is 0 Å². The van der Waals surface area contributed by atoms with Crippen LogP contribution in [0.5, 0.6) is 0 Å². The van der Waals surface area contributed by atoms with Crippen molar-refractivity contribution < 1.29 is 0 Å². The maximum atomic E-state index is 4.65. The molecule has 0 bridgehead atoms. The number of anilines is 1. The zero-order valence-corrected chi connectivity index (χ0v) is 12.4. The first-order chi connectivity index (χ1) is 9.83. The largest absolute Gasteiger partial charge is 0.350 e. The summed E-state index contributed by atoms with van der Waals surface area (Å²) in [4.78, 5) is 9.25. The van der Waals surface area contributed by atoms with Crippen LogP contribution < -0.4 is 5.32 Å². The lowest BCUT2D eigenvalue weighted by molar-refractivity contribution is 0.437. The van der Waals surface area contributed by atoms with Crippen LogP contribution in [0, 0.1) is 0 Å². The third kappa shape index (κ3) is 2.19. The predicted molar refractivity (Wildman–Crippen MR) is 76.9 cm³/mol. The van der Waals surface area contributed by atoms with Crippen LogP contribution in [-0.2, 0) is 13.0 Å². The third-order valence-corrected chi connectivity index (χ3v) is 4.58. The van der Waals surface area contributed by atoms with E-state index in [0.717, 1.165) is 48.4 Å². The van der Waals surface area contributed by atoms with Crippen LogP contribution in [0.15, 0.2) is 0 Å². The number of aromatic nitrogens is 5. The van der Waals surface area contributed by atoms with Gasteiger partial charge in [-0.1, -0.05) is 6.92 Å². The minimum Gasteiger partial charge on any atom is -0.350 e. The highest BCUT2D eigenvalue weighted by molar-refractivity contribution is 7.09. The Morgan fingerprint density at radius 2 is 2.20 bits per heavy atom. The molecule has 106 valence electrons. The highest BCUT2D eigenvalue weighted by Crippen LogP contribution is 2.39. The summed E-state index contributed by atoms with van der Waals surface area (Å²) in [7, 11) is 0. The van der Waals surface area contributed by atoms with Crippen LogP contribution in [0.3, 0.4) is 0 Å².